The van der Waals surface area contributed by atoms with Gasteiger partial charge in [-0.05, 0) is 54.0 Å². The highest BCUT2D eigenvalue weighted by atomic mass is 16.5. The zero-order valence-corrected chi connectivity index (χ0v) is 24.7. The van der Waals surface area contributed by atoms with E-state index in [4.69, 9.17) is 18.9 Å². The van der Waals surface area contributed by atoms with Gasteiger partial charge < -0.3 is 44.5 Å². The van der Waals surface area contributed by atoms with Gasteiger partial charge in [-0.3, -0.25) is 14.4 Å². The largest absolute Gasteiger partial charge is 0.497 e. The van der Waals surface area contributed by atoms with Crippen LogP contribution in [0.15, 0.2) is 42.0 Å². The molecule has 2 amide bonds. The number of rotatable bonds is 13. The molecule has 0 unspecified atom stereocenters. The molecule has 4 atom stereocenters. The van der Waals surface area contributed by atoms with E-state index in [1.165, 1.54) is 32.3 Å². The summed E-state index contributed by atoms with van der Waals surface area (Å²) in [5, 5.41) is 33.6. The molecule has 0 bridgehead atoms. The van der Waals surface area contributed by atoms with Gasteiger partial charge in [0.05, 0.1) is 46.5 Å². The third-order valence-corrected chi connectivity index (χ3v) is 7.78. The normalized spacial score (nSPS) is 20.2. The summed E-state index contributed by atoms with van der Waals surface area (Å²) in [5.41, 5.74) is 1.94. The standard InChI is InChI=1S/C31H38N2O10/c1-5-23(36)31(39)33(10-8-18-14-19(40-2)6-7-24(18)41-3)22-15-21(30(38)32-9-11-34)26-20-12-17(16-35)13-25(42-4)28(20)43-29(26)27(22)37/h6-7,12-15,22,26-27,29,34-35,37H,5,8-11,16H2,1-4H3,(H,32,38)/t22-,26+,27+,29+/m1/s1. The van der Waals surface area contributed by atoms with E-state index in [-0.39, 0.29) is 44.7 Å². The number of ether oxygens (including phenoxy) is 4. The first-order valence-corrected chi connectivity index (χ1v) is 14.0. The Balaban J connectivity index is 1.80. The van der Waals surface area contributed by atoms with Crippen LogP contribution in [0.4, 0.5) is 0 Å². The molecule has 2 aromatic carbocycles. The fraction of sp³-hybridized carbons (Fsp3) is 0.452. The molecular formula is C31H38N2O10. The summed E-state index contributed by atoms with van der Waals surface area (Å²) in [6.07, 6.45) is -0.701. The minimum Gasteiger partial charge on any atom is -0.497 e. The molecule has 1 aliphatic heterocycles. The van der Waals surface area contributed by atoms with Crippen molar-refractivity contribution in [2.24, 2.45) is 0 Å². The maximum atomic E-state index is 13.5. The second kappa shape index (κ2) is 13.9. The lowest BCUT2D eigenvalue weighted by atomic mass is 9.77. The van der Waals surface area contributed by atoms with Gasteiger partial charge in [0.1, 0.15) is 23.7 Å². The van der Waals surface area contributed by atoms with E-state index in [1.807, 2.05) is 0 Å². The van der Waals surface area contributed by atoms with Crippen LogP contribution in [-0.4, -0.2) is 97.1 Å². The first-order chi connectivity index (χ1) is 20.7. The molecule has 0 fully saturated rings. The number of Topliss-reactive ketones (excluding diaryl/α,β-unsaturated/α-hetero) is 1. The highest BCUT2D eigenvalue weighted by Gasteiger charge is 2.51. The number of benzene rings is 2. The van der Waals surface area contributed by atoms with E-state index in [1.54, 1.807) is 37.3 Å². The molecule has 0 saturated carbocycles. The van der Waals surface area contributed by atoms with Crippen LogP contribution in [0, 0.1) is 0 Å². The van der Waals surface area contributed by atoms with E-state index in [2.05, 4.69) is 5.32 Å². The number of methoxy groups -OCH3 is 3. The van der Waals surface area contributed by atoms with Crippen molar-refractivity contribution < 1.29 is 48.7 Å². The maximum absolute atomic E-state index is 13.5. The summed E-state index contributed by atoms with van der Waals surface area (Å²) < 4.78 is 22.5. The summed E-state index contributed by atoms with van der Waals surface area (Å²) in [6, 6.07) is 7.41. The van der Waals surface area contributed by atoms with Crippen LogP contribution in [0.1, 0.15) is 36.0 Å². The first-order valence-electron chi connectivity index (χ1n) is 14.0. The van der Waals surface area contributed by atoms with Gasteiger partial charge in [-0.15, -0.1) is 0 Å². The molecule has 1 heterocycles. The van der Waals surface area contributed by atoms with Crippen molar-refractivity contribution in [3.05, 3.63) is 58.7 Å². The molecule has 43 heavy (non-hydrogen) atoms. The van der Waals surface area contributed by atoms with Gasteiger partial charge in [-0.1, -0.05) is 6.92 Å². The number of ketones is 1. The van der Waals surface area contributed by atoms with Crippen molar-refractivity contribution in [2.45, 2.75) is 50.5 Å². The summed E-state index contributed by atoms with van der Waals surface area (Å²) in [6.45, 7) is 0.952. The molecule has 2 aliphatic rings. The Morgan fingerprint density at radius 3 is 2.40 bits per heavy atom. The van der Waals surface area contributed by atoms with Gasteiger partial charge in [-0.2, -0.15) is 0 Å². The second-order valence-electron chi connectivity index (χ2n) is 10.2. The topological polar surface area (TPSA) is 164 Å². The first kappa shape index (κ1) is 31.8. The lowest BCUT2D eigenvalue weighted by Gasteiger charge is -2.40. The van der Waals surface area contributed by atoms with Gasteiger partial charge in [0.25, 0.3) is 5.91 Å². The number of nitrogens with zero attached hydrogens (tertiary/aromatic N) is 1. The zero-order valence-electron chi connectivity index (χ0n) is 24.7. The van der Waals surface area contributed by atoms with Crippen LogP contribution in [0.2, 0.25) is 0 Å². The van der Waals surface area contributed by atoms with E-state index in [0.29, 0.717) is 39.7 Å². The van der Waals surface area contributed by atoms with Gasteiger partial charge in [0.2, 0.25) is 11.7 Å². The van der Waals surface area contributed by atoms with Crippen molar-refractivity contribution in [2.75, 3.05) is 41.0 Å². The highest BCUT2D eigenvalue weighted by molar-refractivity contribution is 6.36. The Labute approximate surface area is 249 Å². The lowest BCUT2D eigenvalue weighted by molar-refractivity contribution is -0.148. The summed E-state index contributed by atoms with van der Waals surface area (Å²) >= 11 is 0. The minimum atomic E-state index is -1.35. The smallest absolute Gasteiger partial charge is 0.290 e. The number of amides is 2. The number of hydrogen-bond donors (Lipinski definition) is 4. The molecule has 4 rings (SSSR count). The zero-order chi connectivity index (χ0) is 31.3. The maximum Gasteiger partial charge on any atom is 0.290 e. The fourth-order valence-corrected chi connectivity index (χ4v) is 5.63. The number of aliphatic hydroxyl groups excluding tert-OH is 3. The molecule has 12 heteroatoms. The monoisotopic (exact) mass is 598 g/mol. The minimum absolute atomic E-state index is 0.000182. The summed E-state index contributed by atoms with van der Waals surface area (Å²) in [4.78, 5) is 41.0. The quantitative estimate of drug-likeness (QED) is 0.243. The number of nitrogens with one attached hydrogen (secondary N) is 1. The Bertz CT molecular complexity index is 1390. The van der Waals surface area contributed by atoms with Crippen LogP contribution in [0.3, 0.4) is 0 Å². The Morgan fingerprint density at radius 2 is 1.77 bits per heavy atom. The summed E-state index contributed by atoms with van der Waals surface area (Å²) in [5.74, 6) is -1.03. The van der Waals surface area contributed by atoms with Crippen molar-refractivity contribution in [3.63, 3.8) is 0 Å². The van der Waals surface area contributed by atoms with Crippen molar-refractivity contribution in [1.82, 2.24) is 10.2 Å². The molecule has 0 saturated heterocycles. The third-order valence-electron chi connectivity index (χ3n) is 7.78. The van der Waals surface area contributed by atoms with Crippen LogP contribution in [-0.2, 0) is 27.4 Å². The van der Waals surface area contributed by atoms with Gasteiger partial charge >= 0.3 is 0 Å². The van der Waals surface area contributed by atoms with E-state index in [9.17, 15) is 29.7 Å². The highest BCUT2D eigenvalue weighted by Crippen LogP contribution is 2.51. The van der Waals surface area contributed by atoms with Crippen LogP contribution in [0.25, 0.3) is 0 Å². The molecule has 0 spiro atoms. The molecule has 0 aromatic heterocycles. The second-order valence-corrected chi connectivity index (χ2v) is 10.2. The molecule has 12 nitrogen and oxygen atoms in total. The summed E-state index contributed by atoms with van der Waals surface area (Å²) in [7, 11) is 4.49. The van der Waals surface area contributed by atoms with Gasteiger partial charge in [0, 0.05) is 30.6 Å². The van der Waals surface area contributed by atoms with Crippen LogP contribution in [0.5, 0.6) is 23.0 Å². The predicted molar refractivity (Wildman–Crippen MR) is 154 cm³/mol. The fourth-order valence-electron chi connectivity index (χ4n) is 5.63. The molecule has 232 valence electrons. The lowest BCUT2D eigenvalue weighted by Crippen LogP contribution is -2.57. The SMILES string of the molecule is CCC(=O)C(=O)N(CCc1cc(OC)ccc1OC)[C@@H]1C=C(C(=O)NCCO)[C@@H]2c3cc(CO)cc(OC)c3O[C@@H]2[C@H]1O. The molecule has 1 aliphatic carbocycles. The Kier molecular flexibility index (Phi) is 10.3. The number of carbonyl (C=O) groups is 3. The van der Waals surface area contributed by atoms with Crippen molar-refractivity contribution in [1.29, 1.82) is 0 Å². The predicted octanol–water partition coefficient (Wildman–Crippen LogP) is 0.878. The number of fused-ring (bicyclic) bond motifs is 3. The average molecular weight is 599 g/mol. The van der Waals surface area contributed by atoms with E-state index < -0.39 is 41.8 Å². The third kappa shape index (κ3) is 6.31. The molecule has 4 N–H and O–H groups in total. The molecule has 2 aromatic rings. The van der Waals surface area contributed by atoms with E-state index in [0.717, 1.165) is 0 Å². The average Bonchev–Trinajstić information content (AvgIpc) is 3.43. The van der Waals surface area contributed by atoms with Crippen LogP contribution < -0.4 is 24.3 Å². The molecule has 0 radical (unpaired) electrons. The van der Waals surface area contributed by atoms with Crippen LogP contribution >= 0.6 is 0 Å². The van der Waals surface area contributed by atoms with Gasteiger partial charge in [0.15, 0.2) is 11.5 Å². The number of carbonyl (C=O) groups excluding carboxylic acids is 3. The number of aliphatic hydroxyl groups is 3. The van der Waals surface area contributed by atoms with Crippen molar-refractivity contribution in [3.8, 4) is 23.0 Å². The Morgan fingerprint density at radius 1 is 1.02 bits per heavy atom. The number of hydrogen-bond acceptors (Lipinski definition) is 10. The van der Waals surface area contributed by atoms with Gasteiger partial charge in [-0.25, -0.2) is 0 Å². The molecular weight excluding hydrogens is 560 g/mol. The van der Waals surface area contributed by atoms with E-state index >= 15 is 0 Å². The van der Waals surface area contributed by atoms with Crippen molar-refractivity contribution >= 4 is 17.6 Å². The Hall–Kier alpha value is -4.13.